The van der Waals surface area contributed by atoms with E-state index in [0.29, 0.717) is 22.0 Å². The zero-order chi connectivity index (χ0) is 33.1. The smallest absolute Gasteiger partial charge is 0.341 e. The second-order valence-corrected chi connectivity index (χ2v) is 11.0. The first-order valence-electron chi connectivity index (χ1n) is 14.5. The Balaban J connectivity index is 1.32. The van der Waals surface area contributed by atoms with E-state index in [1.54, 1.807) is 66.7 Å². The summed E-state index contributed by atoms with van der Waals surface area (Å²) in [7, 11) is 0. The Morgan fingerprint density at radius 1 is 0.783 bits per heavy atom. The number of para-hydroxylation sites is 1. The number of rotatable bonds is 13. The number of esters is 1. The molecule has 10 nitrogen and oxygen atoms in total. The number of nitrogens with one attached hydrogen (secondary N) is 3. The van der Waals surface area contributed by atoms with Gasteiger partial charge in [-0.25, -0.2) is 9.59 Å². The van der Waals surface area contributed by atoms with Crippen LogP contribution in [0.4, 0.5) is 21.9 Å². The number of halogens is 1. The Hall–Kier alpha value is -5.35. The number of carboxylic acids is 1. The molecule has 4 aromatic carbocycles. The summed E-state index contributed by atoms with van der Waals surface area (Å²) >= 11 is 5.89. The van der Waals surface area contributed by atoms with E-state index in [0.717, 1.165) is 27.9 Å². The Bertz CT molecular complexity index is 1690. The summed E-state index contributed by atoms with van der Waals surface area (Å²) in [6, 6.07) is 24.1. The summed E-state index contributed by atoms with van der Waals surface area (Å²) in [6.45, 7) is 3.38. The van der Waals surface area contributed by atoms with Crippen LogP contribution in [0, 0.1) is 13.8 Å². The van der Waals surface area contributed by atoms with Gasteiger partial charge in [-0.1, -0.05) is 54.1 Å². The summed E-state index contributed by atoms with van der Waals surface area (Å²) < 4.78 is 10.7. The van der Waals surface area contributed by atoms with Gasteiger partial charge in [0, 0.05) is 28.5 Å². The van der Waals surface area contributed by atoms with Crippen LogP contribution in [0.15, 0.2) is 84.9 Å². The Morgan fingerprint density at radius 3 is 2.11 bits per heavy atom. The minimum atomic E-state index is -1.14. The molecule has 0 unspecified atom stereocenters. The number of amides is 3. The Labute approximate surface area is 271 Å². The van der Waals surface area contributed by atoms with Crippen LogP contribution in [0.5, 0.6) is 5.75 Å². The maximum absolute atomic E-state index is 12.8. The SMILES string of the molecule is Cc1cccc(C)c1NC(=O)Nc1ccc(CC(=O)Nc2ccc(OCC(=O)O)c(CCC(=O)OCc3ccc(Cl)cc3)c2)cc1. The van der Waals surface area contributed by atoms with Crippen LogP contribution < -0.4 is 20.7 Å². The number of aliphatic carboxylic acids is 1. The first-order valence-corrected chi connectivity index (χ1v) is 14.8. The lowest BCUT2D eigenvalue weighted by molar-refractivity contribution is -0.145. The summed E-state index contributed by atoms with van der Waals surface area (Å²) in [5.41, 5.74) is 5.75. The van der Waals surface area contributed by atoms with E-state index in [4.69, 9.17) is 26.2 Å². The largest absolute Gasteiger partial charge is 0.482 e. The molecule has 0 saturated carbocycles. The van der Waals surface area contributed by atoms with Gasteiger partial charge < -0.3 is 30.5 Å². The summed E-state index contributed by atoms with van der Waals surface area (Å²) in [5, 5.41) is 18.1. The molecule has 4 N–H and O–H groups in total. The van der Waals surface area contributed by atoms with Crippen LogP contribution in [0.25, 0.3) is 0 Å². The van der Waals surface area contributed by atoms with Crippen molar-refractivity contribution in [1.29, 1.82) is 0 Å². The zero-order valence-corrected chi connectivity index (χ0v) is 26.1. The van der Waals surface area contributed by atoms with Crippen LogP contribution in [0.2, 0.25) is 5.02 Å². The minimum Gasteiger partial charge on any atom is -0.482 e. The standard InChI is InChI=1S/C35H34ClN3O7/c1-22-4-3-5-23(2)34(22)39-35(44)38-28-13-8-24(9-14-28)18-31(40)37-29-15-16-30(45-21-32(41)42)26(19-29)10-17-33(43)46-20-25-6-11-27(36)12-7-25/h3-9,11-16,19H,10,17-18,20-21H2,1-2H3,(H,37,40)(H,41,42)(H2,38,39,44). The molecule has 238 valence electrons. The third-order valence-electron chi connectivity index (χ3n) is 6.90. The van der Waals surface area contributed by atoms with Crippen molar-refractivity contribution in [2.75, 3.05) is 22.6 Å². The second-order valence-electron chi connectivity index (χ2n) is 10.6. The first-order chi connectivity index (χ1) is 22.0. The van der Waals surface area contributed by atoms with Crippen molar-refractivity contribution in [3.63, 3.8) is 0 Å². The van der Waals surface area contributed by atoms with E-state index in [2.05, 4.69) is 16.0 Å². The molecule has 0 aliphatic rings. The molecule has 3 amide bonds. The fraction of sp³-hybridized carbons (Fsp3) is 0.200. The van der Waals surface area contributed by atoms with E-state index >= 15 is 0 Å². The van der Waals surface area contributed by atoms with E-state index in [1.807, 2.05) is 32.0 Å². The fourth-order valence-electron chi connectivity index (χ4n) is 4.57. The zero-order valence-electron chi connectivity index (χ0n) is 25.4. The normalized spacial score (nSPS) is 10.5. The fourth-order valence-corrected chi connectivity index (χ4v) is 4.70. The van der Waals surface area contributed by atoms with Crippen LogP contribution in [0.1, 0.15) is 34.2 Å². The van der Waals surface area contributed by atoms with Crippen molar-refractivity contribution < 1.29 is 33.8 Å². The van der Waals surface area contributed by atoms with Gasteiger partial charge in [-0.2, -0.15) is 0 Å². The molecule has 11 heteroatoms. The Morgan fingerprint density at radius 2 is 1.43 bits per heavy atom. The van der Waals surface area contributed by atoms with Gasteiger partial charge in [-0.05, 0) is 90.6 Å². The van der Waals surface area contributed by atoms with Gasteiger partial charge in [0.1, 0.15) is 12.4 Å². The number of urea groups is 1. The molecule has 4 rings (SSSR count). The lowest BCUT2D eigenvalue weighted by Gasteiger charge is -2.14. The first kappa shape index (κ1) is 33.5. The predicted molar refractivity (Wildman–Crippen MR) is 176 cm³/mol. The number of hydrogen-bond donors (Lipinski definition) is 4. The third-order valence-corrected chi connectivity index (χ3v) is 7.16. The molecule has 4 aromatic rings. The van der Waals surface area contributed by atoms with Crippen LogP contribution in [0.3, 0.4) is 0 Å². The predicted octanol–water partition coefficient (Wildman–Crippen LogP) is 6.92. The lowest BCUT2D eigenvalue weighted by Crippen LogP contribution is -2.20. The molecule has 0 heterocycles. The molecule has 0 radical (unpaired) electrons. The van der Waals surface area contributed by atoms with Gasteiger partial charge in [0.2, 0.25) is 5.91 Å². The topological polar surface area (TPSA) is 143 Å². The van der Waals surface area contributed by atoms with Gasteiger partial charge in [0.05, 0.1) is 6.42 Å². The molecule has 0 fully saturated rings. The van der Waals surface area contributed by atoms with Gasteiger partial charge in [0.15, 0.2) is 6.61 Å². The van der Waals surface area contributed by atoms with Crippen LogP contribution in [-0.2, 0) is 38.6 Å². The number of ether oxygens (including phenoxy) is 2. The van der Waals surface area contributed by atoms with Crippen LogP contribution >= 0.6 is 11.6 Å². The average Bonchev–Trinajstić information content (AvgIpc) is 3.02. The van der Waals surface area contributed by atoms with Crippen LogP contribution in [-0.4, -0.2) is 35.6 Å². The minimum absolute atomic E-state index is 0.0113. The highest BCUT2D eigenvalue weighted by atomic mass is 35.5. The molecule has 0 aliphatic heterocycles. The quantitative estimate of drug-likeness (QED) is 0.116. The highest BCUT2D eigenvalue weighted by Gasteiger charge is 2.13. The van der Waals surface area contributed by atoms with E-state index in [9.17, 15) is 19.2 Å². The van der Waals surface area contributed by atoms with Crippen molar-refractivity contribution in [2.45, 2.75) is 39.7 Å². The summed E-state index contributed by atoms with van der Waals surface area (Å²) in [4.78, 5) is 48.8. The molecule has 0 atom stereocenters. The number of aryl methyl sites for hydroxylation is 3. The Kier molecular flexibility index (Phi) is 11.7. The van der Waals surface area contributed by atoms with E-state index < -0.39 is 18.5 Å². The maximum atomic E-state index is 12.8. The lowest BCUT2D eigenvalue weighted by atomic mass is 10.1. The number of hydrogen-bond acceptors (Lipinski definition) is 6. The maximum Gasteiger partial charge on any atom is 0.341 e. The highest BCUT2D eigenvalue weighted by molar-refractivity contribution is 6.30. The number of carbonyl (C=O) groups excluding carboxylic acids is 3. The highest BCUT2D eigenvalue weighted by Crippen LogP contribution is 2.25. The molecule has 0 aliphatic carbocycles. The number of anilines is 3. The average molecular weight is 644 g/mol. The van der Waals surface area contributed by atoms with Gasteiger partial charge in [-0.15, -0.1) is 0 Å². The molecule has 0 bridgehead atoms. The van der Waals surface area contributed by atoms with E-state index in [-0.39, 0.29) is 43.6 Å². The van der Waals surface area contributed by atoms with Gasteiger partial charge in [0.25, 0.3) is 0 Å². The molecule has 0 saturated heterocycles. The van der Waals surface area contributed by atoms with Gasteiger partial charge >= 0.3 is 18.0 Å². The summed E-state index contributed by atoms with van der Waals surface area (Å²) in [5.74, 6) is -1.60. The summed E-state index contributed by atoms with van der Waals surface area (Å²) in [6.07, 6.45) is 0.277. The van der Waals surface area contributed by atoms with Crippen molar-refractivity contribution in [3.05, 3.63) is 118 Å². The van der Waals surface area contributed by atoms with Crippen molar-refractivity contribution in [2.24, 2.45) is 0 Å². The van der Waals surface area contributed by atoms with E-state index in [1.165, 1.54) is 0 Å². The van der Waals surface area contributed by atoms with Crippen molar-refractivity contribution in [1.82, 2.24) is 0 Å². The third kappa shape index (κ3) is 10.4. The monoisotopic (exact) mass is 643 g/mol. The number of carboxylic acid groups (broad SMARTS) is 1. The number of benzene rings is 4. The van der Waals surface area contributed by atoms with Gasteiger partial charge in [-0.3, -0.25) is 9.59 Å². The van der Waals surface area contributed by atoms with Crippen molar-refractivity contribution in [3.8, 4) is 5.75 Å². The molecular weight excluding hydrogens is 610 g/mol. The second kappa shape index (κ2) is 16.1. The molecule has 0 aromatic heterocycles. The molecule has 0 spiro atoms. The molecule has 46 heavy (non-hydrogen) atoms. The molecular formula is C35H34ClN3O7. The van der Waals surface area contributed by atoms with Crippen molar-refractivity contribution >= 4 is 52.5 Å². The number of carbonyl (C=O) groups is 4.